The minimum Gasteiger partial charge on any atom is -0.497 e. The molecule has 0 spiro atoms. The van der Waals surface area contributed by atoms with Crippen molar-refractivity contribution in [1.29, 1.82) is 0 Å². The monoisotopic (exact) mass is 367 g/mol. The summed E-state index contributed by atoms with van der Waals surface area (Å²) in [6.07, 6.45) is 2.48. The van der Waals surface area contributed by atoms with Crippen molar-refractivity contribution in [1.82, 2.24) is 5.32 Å². The van der Waals surface area contributed by atoms with Crippen LogP contribution in [0.2, 0.25) is 0 Å². The number of ether oxygens (including phenoxy) is 1. The van der Waals surface area contributed by atoms with Gasteiger partial charge in [-0.05, 0) is 55.0 Å². The zero-order valence-corrected chi connectivity index (χ0v) is 15.7. The summed E-state index contributed by atoms with van der Waals surface area (Å²) in [5.41, 5.74) is 1.93. The molecule has 27 heavy (non-hydrogen) atoms. The van der Waals surface area contributed by atoms with Gasteiger partial charge in [0.1, 0.15) is 5.75 Å². The molecule has 0 radical (unpaired) electrons. The van der Waals surface area contributed by atoms with Crippen LogP contribution < -0.4 is 10.1 Å². The Morgan fingerprint density at radius 1 is 1.22 bits per heavy atom. The van der Waals surface area contributed by atoms with E-state index in [1.165, 1.54) is 5.56 Å². The molecule has 2 aromatic rings. The van der Waals surface area contributed by atoms with E-state index in [9.17, 15) is 14.7 Å². The van der Waals surface area contributed by atoms with E-state index in [-0.39, 0.29) is 18.2 Å². The molecule has 1 aliphatic rings. The average molecular weight is 367 g/mol. The number of carbonyl (C=O) groups is 2. The first-order valence-corrected chi connectivity index (χ1v) is 9.19. The van der Waals surface area contributed by atoms with Crippen LogP contribution in [0.5, 0.6) is 5.75 Å². The highest BCUT2D eigenvalue weighted by Gasteiger charge is 2.35. The fourth-order valence-electron chi connectivity index (χ4n) is 3.87. The van der Waals surface area contributed by atoms with Crippen LogP contribution in [0.15, 0.2) is 48.5 Å². The van der Waals surface area contributed by atoms with Crippen LogP contribution in [0.3, 0.4) is 0 Å². The minimum absolute atomic E-state index is 0.131. The lowest BCUT2D eigenvalue weighted by atomic mass is 9.81. The molecule has 2 aromatic carbocycles. The van der Waals surface area contributed by atoms with Crippen LogP contribution in [0.4, 0.5) is 0 Å². The van der Waals surface area contributed by atoms with Gasteiger partial charge in [-0.3, -0.25) is 9.59 Å². The summed E-state index contributed by atoms with van der Waals surface area (Å²) in [4.78, 5) is 24.7. The number of fused-ring (bicyclic) bond motifs is 1. The smallest absolute Gasteiger partial charge is 0.306 e. The number of aryl methyl sites for hydroxylation is 1. The van der Waals surface area contributed by atoms with E-state index >= 15 is 0 Å². The highest BCUT2D eigenvalue weighted by molar-refractivity contribution is 5.86. The molecule has 2 unspecified atom stereocenters. The lowest BCUT2D eigenvalue weighted by Crippen LogP contribution is -2.47. The van der Waals surface area contributed by atoms with Gasteiger partial charge in [0, 0.05) is 0 Å². The van der Waals surface area contributed by atoms with Crippen molar-refractivity contribution in [3.8, 4) is 5.75 Å². The summed E-state index contributed by atoms with van der Waals surface area (Å²) in [6, 6.07) is 15.2. The Morgan fingerprint density at radius 2 is 2.00 bits per heavy atom. The van der Waals surface area contributed by atoms with Gasteiger partial charge in [-0.1, -0.05) is 36.4 Å². The molecule has 1 aliphatic carbocycles. The second-order valence-electron chi connectivity index (χ2n) is 7.27. The molecule has 0 heterocycles. The van der Waals surface area contributed by atoms with E-state index in [1.54, 1.807) is 32.2 Å². The molecule has 3 rings (SSSR count). The first-order valence-electron chi connectivity index (χ1n) is 9.19. The summed E-state index contributed by atoms with van der Waals surface area (Å²) >= 11 is 0. The lowest BCUT2D eigenvalue weighted by Gasteiger charge is -2.33. The van der Waals surface area contributed by atoms with E-state index in [0.717, 1.165) is 24.8 Å². The molecule has 0 saturated carbocycles. The second-order valence-corrected chi connectivity index (χ2v) is 7.27. The van der Waals surface area contributed by atoms with E-state index in [0.29, 0.717) is 11.3 Å². The molecule has 0 fully saturated rings. The maximum absolute atomic E-state index is 13.2. The average Bonchev–Trinajstić information content (AvgIpc) is 2.66. The Hall–Kier alpha value is -2.82. The van der Waals surface area contributed by atoms with Crippen LogP contribution in [0.1, 0.15) is 48.8 Å². The van der Waals surface area contributed by atoms with Gasteiger partial charge in [0.2, 0.25) is 5.91 Å². The number of nitrogens with one attached hydrogen (secondary N) is 1. The van der Waals surface area contributed by atoms with Crippen molar-refractivity contribution >= 4 is 11.9 Å². The molecule has 0 aromatic heterocycles. The van der Waals surface area contributed by atoms with Crippen molar-refractivity contribution in [2.45, 2.75) is 44.1 Å². The number of benzene rings is 2. The third-order valence-electron chi connectivity index (χ3n) is 5.30. The van der Waals surface area contributed by atoms with Crippen LogP contribution >= 0.6 is 0 Å². The Kier molecular flexibility index (Phi) is 5.49. The van der Waals surface area contributed by atoms with Crippen LogP contribution in [-0.2, 0) is 21.5 Å². The summed E-state index contributed by atoms with van der Waals surface area (Å²) in [5, 5.41) is 12.5. The number of aliphatic carboxylic acids is 1. The minimum atomic E-state index is -1.02. The number of hydrogen-bond acceptors (Lipinski definition) is 3. The molecule has 0 bridgehead atoms. The van der Waals surface area contributed by atoms with Crippen LogP contribution in [0, 0.1) is 0 Å². The highest BCUT2D eigenvalue weighted by atomic mass is 16.5. The first-order chi connectivity index (χ1) is 12.9. The number of carbonyl (C=O) groups excluding carboxylic acids is 1. The molecule has 5 nitrogen and oxygen atoms in total. The quantitative estimate of drug-likeness (QED) is 0.818. The van der Waals surface area contributed by atoms with Gasteiger partial charge in [-0.25, -0.2) is 0 Å². The number of amides is 1. The summed E-state index contributed by atoms with van der Waals surface area (Å²) in [5.74, 6) is -0.728. The zero-order valence-electron chi connectivity index (χ0n) is 15.7. The maximum atomic E-state index is 13.2. The molecule has 2 N–H and O–H groups in total. The molecule has 2 atom stereocenters. The number of carboxylic acid groups (broad SMARTS) is 1. The number of carboxylic acids is 1. The third-order valence-corrected chi connectivity index (χ3v) is 5.30. The number of rotatable bonds is 6. The topological polar surface area (TPSA) is 75.6 Å². The SMILES string of the molecule is COc1cccc(C(C)(CC(=O)O)NC(=O)C2CCCc3ccccc32)c1. The largest absolute Gasteiger partial charge is 0.497 e. The van der Waals surface area contributed by atoms with Gasteiger partial charge < -0.3 is 15.2 Å². The highest BCUT2D eigenvalue weighted by Crippen LogP contribution is 2.34. The van der Waals surface area contributed by atoms with Gasteiger partial charge in [-0.15, -0.1) is 0 Å². The Bertz CT molecular complexity index is 848. The molecule has 142 valence electrons. The fraction of sp³-hybridized carbons (Fsp3) is 0.364. The molecule has 1 amide bonds. The predicted octanol–water partition coefficient (Wildman–Crippen LogP) is 3.62. The normalized spacial score (nSPS) is 18.1. The molecular weight excluding hydrogens is 342 g/mol. The van der Waals surface area contributed by atoms with Gasteiger partial charge >= 0.3 is 5.97 Å². The van der Waals surface area contributed by atoms with Crippen molar-refractivity contribution in [2.24, 2.45) is 0 Å². The predicted molar refractivity (Wildman–Crippen MR) is 103 cm³/mol. The standard InChI is InChI=1S/C22H25NO4/c1-22(14-20(24)25,16-9-6-10-17(13-16)27-2)23-21(26)19-12-5-8-15-7-3-4-11-18(15)19/h3-4,6-7,9-11,13,19H,5,8,12,14H2,1-2H3,(H,23,26)(H,24,25). The van der Waals surface area contributed by atoms with Crippen molar-refractivity contribution < 1.29 is 19.4 Å². The Balaban J connectivity index is 1.91. The fourth-order valence-corrected chi connectivity index (χ4v) is 3.87. The van der Waals surface area contributed by atoms with Crippen LogP contribution in [-0.4, -0.2) is 24.1 Å². The van der Waals surface area contributed by atoms with Gasteiger partial charge in [-0.2, -0.15) is 0 Å². The molecule has 0 saturated heterocycles. The number of methoxy groups -OCH3 is 1. The first kappa shape index (κ1) is 19.0. The lowest BCUT2D eigenvalue weighted by molar-refractivity contribution is -0.139. The van der Waals surface area contributed by atoms with E-state index < -0.39 is 11.5 Å². The molecular formula is C22H25NO4. The Labute approximate surface area is 159 Å². The molecule has 0 aliphatic heterocycles. The summed E-state index contributed by atoms with van der Waals surface area (Å²) < 4.78 is 5.26. The van der Waals surface area contributed by atoms with Crippen molar-refractivity contribution in [2.75, 3.05) is 7.11 Å². The third kappa shape index (κ3) is 4.13. The number of hydrogen-bond donors (Lipinski definition) is 2. The molecule has 5 heteroatoms. The Morgan fingerprint density at radius 3 is 2.74 bits per heavy atom. The van der Waals surface area contributed by atoms with E-state index in [1.807, 2.05) is 24.3 Å². The van der Waals surface area contributed by atoms with Gasteiger partial charge in [0.25, 0.3) is 0 Å². The van der Waals surface area contributed by atoms with Gasteiger partial charge in [0.05, 0.1) is 25.0 Å². The second kappa shape index (κ2) is 7.82. The zero-order chi connectivity index (χ0) is 19.4. The summed E-state index contributed by atoms with van der Waals surface area (Å²) in [6.45, 7) is 1.75. The van der Waals surface area contributed by atoms with Gasteiger partial charge in [0.15, 0.2) is 0 Å². The van der Waals surface area contributed by atoms with E-state index in [2.05, 4.69) is 11.4 Å². The van der Waals surface area contributed by atoms with Crippen molar-refractivity contribution in [3.05, 3.63) is 65.2 Å². The maximum Gasteiger partial charge on any atom is 0.306 e. The summed E-state index contributed by atoms with van der Waals surface area (Å²) in [7, 11) is 1.56. The van der Waals surface area contributed by atoms with E-state index in [4.69, 9.17) is 4.74 Å². The van der Waals surface area contributed by atoms with Crippen LogP contribution in [0.25, 0.3) is 0 Å². The van der Waals surface area contributed by atoms with Crippen molar-refractivity contribution in [3.63, 3.8) is 0 Å².